The molecular formula is C15H19N5O4. The minimum Gasteiger partial charge on any atom is -0.477 e. The molecule has 0 spiro atoms. The van der Waals surface area contributed by atoms with Gasteiger partial charge in [0, 0.05) is 45.1 Å². The van der Waals surface area contributed by atoms with Crippen LogP contribution in [0.15, 0.2) is 17.2 Å². The van der Waals surface area contributed by atoms with Crippen LogP contribution >= 0.6 is 0 Å². The van der Waals surface area contributed by atoms with E-state index in [0.29, 0.717) is 11.6 Å². The minimum absolute atomic E-state index is 0.140. The van der Waals surface area contributed by atoms with Gasteiger partial charge in [-0.2, -0.15) is 4.98 Å². The van der Waals surface area contributed by atoms with Crippen molar-refractivity contribution >= 4 is 23.0 Å². The van der Waals surface area contributed by atoms with E-state index >= 15 is 0 Å². The molecule has 128 valence electrons. The predicted molar refractivity (Wildman–Crippen MR) is 87.6 cm³/mol. The average molecular weight is 333 g/mol. The molecule has 0 amide bonds. The molecule has 0 saturated carbocycles. The number of likely N-dealkylation sites (N-methyl/N-ethyl adjacent to an activating group) is 1. The number of pyridine rings is 1. The second-order valence-corrected chi connectivity index (χ2v) is 5.79. The summed E-state index contributed by atoms with van der Waals surface area (Å²) in [6.45, 7) is 3.30. The summed E-state index contributed by atoms with van der Waals surface area (Å²) in [6.07, 6.45) is 2.60. The van der Waals surface area contributed by atoms with Gasteiger partial charge in [0.15, 0.2) is 0 Å². The molecule has 0 atom stereocenters. The fraction of sp³-hybridized carbons (Fsp3) is 0.467. The van der Waals surface area contributed by atoms with Crippen molar-refractivity contribution in [3.63, 3.8) is 0 Å². The second kappa shape index (κ2) is 6.54. The Morgan fingerprint density at radius 3 is 2.62 bits per heavy atom. The molecule has 0 radical (unpaired) electrons. The van der Waals surface area contributed by atoms with Gasteiger partial charge in [-0.05, 0) is 7.05 Å². The van der Waals surface area contributed by atoms with Crippen LogP contribution in [-0.2, 0) is 6.54 Å². The van der Waals surface area contributed by atoms with Gasteiger partial charge in [-0.25, -0.2) is 9.78 Å². The summed E-state index contributed by atoms with van der Waals surface area (Å²) in [6, 6.07) is 0. The van der Waals surface area contributed by atoms with Crippen LogP contribution in [0.2, 0.25) is 0 Å². The number of rotatable bonds is 4. The van der Waals surface area contributed by atoms with Gasteiger partial charge >= 0.3 is 5.97 Å². The number of carboxylic acid groups (broad SMARTS) is 1. The third kappa shape index (κ3) is 2.95. The number of nitrogens with zero attached hydrogens (tertiary/aromatic N) is 5. The number of piperazine rings is 1. The number of aliphatic hydroxyl groups excluding tert-OH is 1. The Kier molecular flexibility index (Phi) is 4.45. The lowest BCUT2D eigenvalue weighted by Crippen LogP contribution is -2.45. The Morgan fingerprint density at radius 1 is 1.29 bits per heavy atom. The number of carboxylic acids is 1. The highest BCUT2D eigenvalue weighted by molar-refractivity contribution is 5.91. The van der Waals surface area contributed by atoms with Gasteiger partial charge in [0.1, 0.15) is 11.2 Å². The van der Waals surface area contributed by atoms with E-state index in [1.807, 2.05) is 11.9 Å². The minimum atomic E-state index is -1.31. The van der Waals surface area contributed by atoms with Gasteiger partial charge in [-0.3, -0.25) is 4.79 Å². The summed E-state index contributed by atoms with van der Waals surface area (Å²) in [5.41, 5.74) is -0.633. The van der Waals surface area contributed by atoms with E-state index in [-0.39, 0.29) is 24.1 Å². The average Bonchev–Trinajstić information content (AvgIpc) is 2.57. The van der Waals surface area contributed by atoms with Crippen molar-refractivity contribution in [3.05, 3.63) is 28.2 Å². The van der Waals surface area contributed by atoms with Crippen LogP contribution in [0.1, 0.15) is 10.4 Å². The predicted octanol–water partition coefficient (Wildman–Crippen LogP) is -0.766. The van der Waals surface area contributed by atoms with Crippen LogP contribution in [0.3, 0.4) is 0 Å². The Bertz CT molecular complexity index is 826. The van der Waals surface area contributed by atoms with Crippen molar-refractivity contribution in [2.75, 3.05) is 44.7 Å². The Labute approximate surface area is 137 Å². The van der Waals surface area contributed by atoms with Gasteiger partial charge in [-0.1, -0.05) is 0 Å². The first-order valence-corrected chi connectivity index (χ1v) is 7.69. The normalized spacial score (nSPS) is 15.8. The number of aliphatic hydroxyl groups is 1. The summed E-state index contributed by atoms with van der Waals surface area (Å²) in [5.74, 6) is -0.804. The fourth-order valence-corrected chi connectivity index (χ4v) is 2.75. The lowest BCUT2D eigenvalue weighted by atomic mass is 10.2. The van der Waals surface area contributed by atoms with Crippen LogP contribution in [0.4, 0.5) is 5.95 Å². The molecule has 0 unspecified atom stereocenters. The zero-order valence-electron chi connectivity index (χ0n) is 13.3. The smallest absolute Gasteiger partial charge is 0.341 e. The maximum Gasteiger partial charge on any atom is 0.341 e. The zero-order valence-corrected chi connectivity index (χ0v) is 13.3. The van der Waals surface area contributed by atoms with Gasteiger partial charge in [0.2, 0.25) is 11.4 Å². The fourth-order valence-electron chi connectivity index (χ4n) is 2.75. The van der Waals surface area contributed by atoms with Crippen LogP contribution in [0, 0.1) is 0 Å². The number of aromatic nitrogens is 3. The van der Waals surface area contributed by atoms with E-state index < -0.39 is 11.4 Å². The highest BCUT2D eigenvalue weighted by Crippen LogP contribution is 2.15. The van der Waals surface area contributed by atoms with Crippen LogP contribution < -0.4 is 10.3 Å². The summed E-state index contributed by atoms with van der Waals surface area (Å²) in [5, 5.41) is 18.5. The maximum absolute atomic E-state index is 12.3. The topological polar surface area (TPSA) is 112 Å². The third-order valence-electron chi connectivity index (χ3n) is 4.16. The van der Waals surface area contributed by atoms with Gasteiger partial charge in [-0.15, -0.1) is 0 Å². The van der Waals surface area contributed by atoms with E-state index in [2.05, 4.69) is 14.9 Å². The van der Waals surface area contributed by atoms with E-state index in [1.165, 1.54) is 17.0 Å². The molecule has 1 fully saturated rings. The summed E-state index contributed by atoms with van der Waals surface area (Å²) < 4.78 is 1.49. The first kappa shape index (κ1) is 16.3. The van der Waals surface area contributed by atoms with E-state index in [0.717, 1.165) is 26.2 Å². The Balaban J connectivity index is 2.11. The molecule has 3 rings (SSSR count). The van der Waals surface area contributed by atoms with Crippen LogP contribution in [0.25, 0.3) is 11.0 Å². The molecule has 0 aliphatic carbocycles. The number of hydrogen-bond acceptors (Lipinski definition) is 7. The van der Waals surface area contributed by atoms with Crippen molar-refractivity contribution in [1.29, 1.82) is 0 Å². The van der Waals surface area contributed by atoms with Crippen LogP contribution in [0.5, 0.6) is 0 Å². The highest BCUT2D eigenvalue weighted by Gasteiger charge is 2.20. The van der Waals surface area contributed by atoms with Crippen molar-refractivity contribution in [1.82, 2.24) is 19.4 Å². The quantitative estimate of drug-likeness (QED) is 0.750. The van der Waals surface area contributed by atoms with Crippen LogP contribution in [-0.4, -0.2) is 75.5 Å². The Morgan fingerprint density at radius 2 is 2.00 bits per heavy atom. The van der Waals surface area contributed by atoms with Crippen molar-refractivity contribution in [3.8, 4) is 0 Å². The molecule has 2 aromatic heterocycles. The molecule has 3 heterocycles. The lowest BCUT2D eigenvalue weighted by molar-refractivity contribution is 0.0694. The molecule has 0 bridgehead atoms. The number of anilines is 1. The molecule has 2 N–H and O–H groups in total. The third-order valence-corrected chi connectivity index (χ3v) is 4.16. The Hall–Kier alpha value is -2.52. The number of aromatic carboxylic acids is 1. The van der Waals surface area contributed by atoms with Gasteiger partial charge < -0.3 is 24.6 Å². The van der Waals surface area contributed by atoms with Gasteiger partial charge in [0.05, 0.1) is 12.0 Å². The molecule has 9 heteroatoms. The molecule has 1 saturated heterocycles. The molecular weight excluding hydrogens is 314 g/mol. The standard InChI is InChI=1S/C15H19N5O4/c1-18-2-4-19(5-3-18)15-16-8-10-12(22)11(14(23)24)9-20(6-7-21)13(10)17-15/h8-9,21H,2-7H2,1H3,(H,23,24). The van der Waals surface area contributed by atoms with E-state index in [9.17, 15) is 19.8 Å². The number of hydrogen-bond donors (Lipinski definition) is 2. The van der Waals surface area contributed by atoms with Crippen molar-refractivity contribution in [2.45, 2.75) is 6.54 Å². The second-order valence-electron chi connectivity index (χ2n) is 5.79. The van der Waals surface area contributed by atoms with E-state index in [1.54, 1.807) is 0 Å². The largest absolute Gasteiger partial charge is 0.477 e. The molecule has 1 aliphatic rings. The number of carbonyl (C=O) groups is 1. The lowest BCUT2D eigenvalue weighted by Gasteiger charge is -2.32. The zero-order chi connectivity index (χ0) is 17.3. The van der Waals surface area contributed by atoms with E-state index in [4.69, 9.17) is 0 Å². The van der Waals surface area contributed by atoms with Crippen molar-refractivity contribution in [2.24, 2.45) is 0 Å². The van der Waals surface area contributed by atoms with Crippen molar-refractivity contribution < 1.29 is 15.0 Å². The first-order valence-electron chi connectivity index (χ1n) is 7.69. The molecule has 1 aliphatic heterocycles. The highest BCUT2D eigenvalue weighted by atomic mass is 16.4. The van der Waals surface area contributed by atoms with Gasteiger partial charge in [0.25, 0.3) is 0 Å². The molecule has 0 aromatic carbocycles. The number of fused-ring (bicyclic) bond motifs is 1. The molecule has 2 aromatic rings. The summed E-state index contributed by atoms with van der Waals surface area (Å²) in [7, 11) is 2.05. The molecule has 9 nitrogen and oxygen atoms in total. The monoisotopic (exact) mass is 333 g/mol. The summed E-state index contributed by atoms with van der Waals surface area (Å²) in [4.78, 5) is 36.5. The SMILES string of the molecule is CN1CCN(c2ncc3c(=O)c(C(=O)O)cn(CCO)c3n2)CC1. The molecule has 24 heavy (non-hydrogen) atoms. The first-order chi connectivity index (χ1) is 11.5. The summed E-state index contributed by atoms with van der Waals surface area (Å²) >= 11 is 0. The maximum atomic E-state index is 12.3.